The topological polar surface area (TPSA) is 72.8 Å². The molecule has 0 saturated carbocycles. The van der Waals surface area contributed by atoms with Crippen LogP contribution in [0, 0.1) is 0 Å². The van der Waals surface area contributed by atoms with Crippen LogP contribution in [0.1, 0.15) is 47.5 Å². The molecule has 0 aromatic rings. The summed E-state index contributed by atoms with van der Waals surface area (Å²) in [6.07, 6.45) is 3.33. The van der Waals surface area contributed by atoms with Crippen LogP contribution >= 0.6 is 8.25 Å². The van der Waals surface area contributed by atoms with Gasteiger partial charge in [-0.15, -0.1) is 0 Å². The fraction of sp³-hybridized carbons (Fsp3) is 0.750. The van der Waals surface area contributed by atoms with Gasteiger partial charge < -0.3 is 14.2 Å². The van der Waals surface area contributed by atoms with Crippen molar-refractivity contribution in [2.75, 3.05) is 6.61 Å². The SMILES string of the molecule is CCCC.CCOC(=O)/C=C(\C)C(C)O[PH](=O)O. The third-order valence-corrected chi connectivity index (χ3v) is 2.61. The second-order valence-corrected chi connectivity index (χ2v) is 4.43. The van der Waals surface area contributed by atoms with E-state index in [1.807, 2.05) is 0 Å². The van der Waals surface area contributed by atoms with Gasteiger partial charge in [-0.3, -0.25) is 4.57 Å². The number of esters is 1. The Kier molecular flexibility index (Phi) is 14.0. The zero-order valence-corrected chi connectivity index (χ0v) is 12.9. The van der Waals surface area contributed by atoms with Crippen molar-refractivity contribution < 1.29 is 23.5 Å². The zero-order chi connectivity index (χ0) is 14.6. The Hall–Kier alpha value is -0.640. The van der Waals surface area contributed by atoms with E-state index in [2.05, 4.69) is 23.1 Å². The maximum atomic E-state index is 11.0. The summed E-state index contributed by atoms with van der Waals surface area (Å²) in [4.78, 5) is 19.4. The smallest absolute Gasteiger partial charge is 0.330 e. The molecule has 0 aromatic carbocycles. The number of rotatable bonds is 6. The molecule has 0 rings (SSSR count). The van der Waals surface area contributed by atoms with Crippen LogP contribution in [-0.4, -0.2) is 23.6 Å². The van der Waals surface area contributed by atoms with Crippen molar-refractivity contribution in [2.24, 2.45) is 0 Å². The van der Waals surface area contributed by atoms with Gasteiger partial charge in [0.1, 0.15) is 0 Å². The average Bonchev–Trinajstić information content (AvgIpc) is 2.28. The number of hydrogen-bond donors (Lipinski definition) is 1. The van der Waals surface area contributed by atoms with E-state index in [1.54, 1.807) is 20.8 Å². The van der Waals surface area contributed by atoms with E-state index in [0.29, 0.717) is 12.2 Å². The molecule has 2 unspecified atom stereocenters. The second-order valence-electron chi connectivity index (χ2n) is 3.67. The molecule has 5 nitrogen and oxygen atoms in total. The van der Waals surface area contributed by atoms with Gasteiger partial charge in [-0.1, -0.05) is 26.7 Å². The summed E-state index contributed by atoms with van der Waals surface area (Å²) in [7, 11) is -2.97. The highest BCUT2D eigenvalue weighted by Crippen LogP contribution is 2.21. The molecule has 18 heavy (non-hydrogen) atoms. The molecule has 2 atom stereocenters. The molecule has 1 N–H and O–H groups in total. The average molecular weight is 280 g/mol. The van der Waals surface area contributed by atoms with E-state index in [1.165, 1.54) is 18.9 Å². The van der Waals surface area contributed by atoms with Crippen LogP contribution in [0.2, 0.25) is 0 Å². The molecule has 108 valence electrons. The summed E-state index contributed by atoms with van der Waals surface area (Å²) in [6, 6.07) is 0. The Bertz CT molecular complexity index is 274. The summed E-state index contributed by atoms with van der Waals surface area (Å²) in [6.45, 7) is 9.58. The molecule has 0 heterocycles. The van der Waals surface area contributed by atoms with Gasteiger partial charge in [-0.2, -0.15) is 0 Å². The van der Waals surface area contributed by atoms with Gasteiger partial charge in [0, 0.05) is 6.08 Å². The van der Waals surface area contributed by atoms with E-state index in [9.17, 15) is 9.36 Å². The Labute approximate surface area is 110 Å². The number of carbonyl (C=O) groups excluding carboxylic acids is 1. The molecule has 0 fully saturated rings. The van der Waals surface area contributed by atoms with Crippen LogP contribution in [0.3, 0.4) is 0 Å². The predicted molar refractivity (Wildman–Crippen MR) is 72.7 cm³/mol. The highest BCUT2D eigenvalue weighted by Gasteiger charge is 2.09. The largest absolute Gasteiger partial charge is 0.463 e. The number of unbranched alkanes of at least 4 members (excludes halogenated alkanes) is 1. The van der Waals surface area contributed by atoms with E-state index < -0.39 is 20.3 Å². The third kappa shape index (κ3) is 13.4. The lowest BCUT2D eigenvalue weighted by molar-refractivity contribution is -0.137. The predicted octanol–water partition coefficient (Wildman–Crippen LogP) is 3.09. The van der Waals surface area contributed by atoms with Crippen molar-refractivity contribution in [1.29, 1.82) is 0 Å². The van der Waals surface area contributed by atoms with Crippen LogP contribution in [0.25, 0.3) is 0 Å². The van der Waals surface area contributed by atoms with Crippen molar-refractivity contribution in [3.8, 4) is 0 Å². The number of carbonyl (C=O) groups is 1. The minimum absolute atomic E-state index is 0.300. The van der Waals surface area contributed by atoms with Crippen molar-refractivity contribution >= 4 is 14.2 Å². The zero-order valence-electron chi connectivity index (χ0n) is 11.9. The van der Waals surface area contributed by atoms with Crippen LogP contribution < -0.4 is 0 Å². The van der Waals surface area contributed by atoms with Gasteiger partial charge in [-0.25, -0.2) is 4.79 Å². The highest BCUT2D eigenvalue weighted by atomic mass is 31.1. The first-order valence-corrected chi connectivity index (χ1v) is 7.39. The molecule has 0 aliphatic rings. The number of hydrogen-bond acceptors (Lipinski definition) is 4. The summed E-state index contributed by atoms with van der Waals surface area (Å²) in [5.74, 6) is -0.474. The summed E-state index contributed by atoms with van der Waals surface area (Å²) < 4.78 is 19.6. The van der Waals surface area contributed by atoms with Gasteiger partial charge in [0.2, 0.25) is 0 Å². The molecule has 0 aromatic heterocycles. The summed E-state index contributed by atoms with van der Waals surface area (Å²) in [5.41, 5.74) is 0.552. The Morgan fingerprint density at radius 1 is 1.33 bits per heavy atom. The van der Waals surface area contributed by atoms with Crippen LogP contribution in [0.4, 0.5) is 0 Å². The van der Waals surface area contributed by atoms with Crippen molar-refractivity contribution in [2.45, 2.75) is 53.6 Å². The molecular weight excluding hydrogens is 255 g/mol. The van der Waals surface area contributed by atoms with Gasteiger partial charge in [-0.05, 0) is 26.3 Å². The molecular formula is C12H25O5P. The summed E-state index contributed by atoms with van der Waals surface area (Å²) >= 11 is 0. The maximum Gasteiger partial charge on any atom is 0.330 e. The first kappa shape index (κ1) is 19.7. The monoisotopic (exact) mass is 280 g/mol. The lowest BCUT2D eigenvalue weighted by atomic mass is 10.2. The maximum absolute atomic E-state index is 11.0. The molecule has 0 aliphatic heterocycles. The molecule has 6 heteroatoms. The van der Waals surface area contributed by atoms with Crippen molar-refractivity contribution in [3.05, 3.63) is 11.6 Å². The Morgan fingerprint density at radius 3 is 2.17 bits per heavy atom. The molecule has 0 saturated heterocycles. The van der Waals surface area contributed by atoms with E-state index in [-0.39, 0.29) is 0 Å². The van der Waals surface area contributed by atoms with E-state index in [0.717, 1.165) is 0 Å². The Morgan fingerprint density at radius 2 is 1.83 bits per heavy atom. The first-order valence-electron chi connectivity index (χ1n) is 6.13. The quantitative estimate of drug-likeness (QED) is 0.460. The number of ether oxygens (including phenoxy) is 1. The third-order valence-electron chi connectivity index (χ3n) is 2.05. The molecule has 0 radical (unpaired) electrons. The standard InChI is InChI=1S/C8H15O5P.C4H10/c1-4-12-8(9)5-6(2)7(3)13-14(10)11;1-3-4-2/h5,7,14H,4H2,1-3H3,(H,10,11);3-4H2,1-2H3/b6-5+;. The Balaban J connectivity index is 0. The molecule has 0 aliphatic carbocycles. The highest BCUT2D eigenvalue weighted by molar-refractivity contribution is 7.32. The van der Waals surface area contributed by atoms with Crippen molar-refractivity contribution in [1.82, 2.24) is 0 Å². The summed E-state index contributed by atoms with van der Waals surface area (Å²) in [5, 5.41) is 0. The lowest BCUT2D eigenvalue weighted by Gasteiger charge is -2.10. The minimum atomic E-state index is -2.97. The van der Waals surface area contributed by atoms with E-state index >= 15 is 0 Å². The van der Waals surface area contributed by atoms with Gasteiger partial charge in [0.25, 0.3) is 0 Å². The van der Waals surface area contributed by atoms with Crippen molar-refractivity contribution in [3.63, 3.8) is 0 Å². The van der Waals surface area contributed by atoms with Crippen LogP contribution in [0.15, 0.2) is 11.6 Å². The molecule has 0 amide bonds. The fourth-order valence-electron chi connectivity index (χ4n) is 0.731. The van der Waals surface area contributed by atoms with Gasteiger partial charge in [0.15, 0.2) is 0 Å². The first-order chi connectivity index (χ1) is 8.38. The lowest BCUT2D eigenvalue weighted by Crippen LogP contribution is -2.08. The second kappa shape index (κ2) is 12.8. The fourth-order valence-corrected chi connectivity index (χ4v) is 1.22. The molecule has 0 spiro atoms. The minimum Gasteiger partial charge on any atom is -0.463 e. The molecule has 0 bridgehead atoms. The van der Waals surface area contributed by atoms with Gasteiger partial charge in [0.05, 0.1) is 12.7 Å². The normalized spacial score (nSPS) is 14.2. The van der Waals surface area contributed by atoms with Crippen LogP contribution in [-0.2, 0) is 18.6 Å². The van der Waals surface area contributed by atoms with E-state index in [4.69, 9.17) is 4.89 Å². The van der Waals surface area contributed by atoms with Gasteiger partial charge >= 0.3 is 14.2 Å². The van der Waals surface area contributed by atoms with Crippen LogP contribution in [0.5, 0.6) is 0 Å².